The van der Waals surface area contributed by atoms with Crippen molar-refractivity contribution in [3.8, 4) is 5.75 Å². The lowest BCUT2D eigenvalue weighted by Gasteiger charge is -2.13. The van der Waals surface area contributed by atoms with Crippen LogP contribution in [0.1, 0.15) is 32.0 Å². The number of hydrogen-bond acceptors (Lipinski definition) is 4. The third-order valence-corrected chi connectivity index (χ3v) is 4.10. The Labute approximate surface area is 157 Å². The van der Waals surface area contributed by atoms with Gasteiger partial charge in [-0.25, -0.2) is 0 Å². The highest BCUT2D eigenvalue weighted by Gasteiger charge is 2.14. The average Bonchev–Trinajstić information content (AvgIpc) is 3.18. The van der Waals surface area contributed by atoms with Gasteiger partial charge < -0.3 is 19.8 Å². The number of amides is 2. The monoisotopic (exact) mass is 364 g/mol. The summed E-state index contributed by atoms with van der Waals surface area (Å²) in [6.07, 6.45) is 1.43. The fourth-order valence-electron chi connectivity index (χ4n) is 2.60. The van der Waals surface area contributed by atoms with Crippen LogP contribution in [0.4, 0.5) is 11.4 Å². The van der Waals surface area contributed by atoms with Gasteiger partial charge in [0, 0.05) is 11.3 Å². The minimum atomic E-state index is -0.374. The fourth-order valence-corrected chi connectivity index (χ4v) is 2.60. The van der Waals surface area contributed by atoms with Crippen molar-refractivity contribution in [1.82, 2.24) is 0 Å². The summed E-state index contributed by atoms with van der Waals surface area (Å²) in [5.41, 5.74) is 3.38. The van der Waals surface area contributed by atoms with Gasteiger partial charge in [-0.2, -0.15) is 0 Å². The van der Waals surface area contributed by atoms with Gasteiger partial charge in [0.05, 0.1) is 19.1 Å². The normalized spacial score (nSPS) is 10.3. The third kappa shape index (κ3) is 4.17. The Balaban J connectivity index is 1.82. The SMILES string of the molecule is COc1ccc(C)cc1NC(=O)c1ccc(C)c(NC(=O)c2ccco2)c1. The highest BCUT2D eigenvalue weighted by Crippen LogP contribution is 2.26. The Bertz CT molecular complexity index is 978. The Morgan fingerprint density at radius 2 is 1.70 bits per heavy atom. The summed E-state index contributed by atoms with van der Waals surface area (Å²) < 4.78 is 10.4. The van der Waals surface area contributed by atoms with Crippen LogP contribution >= 0.6 is 0 Å². The maximum atomic E-state index is 12.7. The number of ether oxygens (including phenoxy) is 1. The number of aryl methyl sites for hydroxylation is 2. The van der Waals surface area contributed by atoms with Crippen molar-refractivity contribution in [3.05, 3.63) is 77.2 Å². The van der Waals surface area contributed by atoms with Gasteiger partial charge in [-0.3, -0.25) is 9.59 Å². The summed E-state index contributed by atoms with van der Waals surface area (Å²) in [5.74, 6) is 0.106. The molecule has 0 radical (unpaired) electrons. The molecular weight excluding hydrogens is 344 g/mol. The fraction of sp³-hybridized carbons (Fsp3) is 0.143. The summed E-state index contributed by atoms with van der Waals surface area (Å²) in [4.78, 5) is 24.9. The van der Waals surface area contributed by atoms with E-state index < -0.39 is 0 Å². The lowest BCUT2D eigenvalue weighted by molar-refractivity contribution is 0.0993. The number of anilines is 2. The number of carbonyl (C=O) groups is 2. The van der Waals surface area contributed by atoms with Crippen molar-refractivity contribution in [2.45, 2.75) is 13.8 Å². The average molecular weight is 364 g/mol. The summed E-state index contributed by atoms with van der Waals surface area (Å²) in [6, 6.07) is 13.9. The molecule has 1 heterocycles. The van der Waals surface area contributed by atoms with Gasteiger partial charge in [0.25, 0.3) is 11.8 Å². The Morgan fingerprint density at radius 1 is 0.926 bits per heavy atom. The van der Waals surface area contributed by atoms with Crippen LogP contribution in [0.5, 0.6) is 5.75 Å². The van der Waals surface area contributed by atoms with Gasteiger partial charge in [-0.15, -0.1) is 0 Å². The summed E-state index contributed by atoms with van der Waals surface area (Å²) in [6.45, 7) is 3.78. The van der Waals surface area contributed by atoms with Crippen LogP contribution in [0, 0.1) is 13.8 Å². The molecule has 138 valence electrons. The standard InChI is InChI=1S/C21H20N2O4/c1-13-6-9-18(26-3)17(11-13)23-20(24)15-8-7-14(2)16(12-15)22-21(25)19-5-4-10-27-19/h4-12H,1-3H3,(H,22,25)(H,23,24). The molecule has 0 aliphatic heterocycles. The second kappa shape index (κ2) is 7.78. The number of rotatable bonds is 5. The molecule has 0 fully saturated rings. The maximum absolute atomic E-state index is 12.7. The third-order valence-electron chi connectivity index (χ3n) is 4.10. The van der Waals surface area contributed by atoms with Crippen molar-refractivity contribution >= 4 is 23.2 Å². The lowest BCUT2D eigenvalue weighted by atomic mass is 10.1. The molecule has 6 heteroatoms. The quantitative estimate of drug-likeness (QED) is 0.703. The van der Waals surface area contributed by atoms with Gasteiger partial charge in [0.2, 0.25) is 0 Å². The first-order valence-corrected chi connectivity index (χ1v) is 8.39. The number of methoxy groups -OCH3 is 1. The van der Waals surface area contributed by atoms with Crippen LogP contribution in [0.15, 0.2) is 59.2 Å². The molecule has 6 nitrogen and oxygen atoms in total. The second-order valence-electron chi connectivity index (χ2n) is 6.12. The summed E-state index contributed by atoms with van der Waals surface area (Å²) in [7, 11) is 1.55. The predicted molar refractivity (Wildman–Crippen MR) is 104 cm³/mol. The molecule has 2 aromatic carbocycles. The molecule has 3 aromatic rings. The van der Waals surface area contributed by atoms with E-state index in [1.165, 1.54) is 6.26 Å². The van der Waals surface area contributed by atoms with Crippen molar-refractivity contribution in [3.63, 3.8) is 0 Å². The first-order valence-electron chi connectivity index (χ1n) is 8.39. The van der Waals surface area contributed by atoms with Gasteiger partial charge in [0.1, 0.15) is 5.75 Å². The second-order valence-corrected chi connectivity index (χ2v) is 6.12. The Hall–Kier alpha value is -3.54. The van der Waals surface area contributed by atoms with E-state index in [1.807, 2.05) is 26.0 Å². The number of furan rings is 1. The molecule has 0 unspecified atom stereocenters. The van der Waals surface area contributed by atoms with Crippen LogP contribution < -0.4 is 15.4 Å². The zero-order chi connectivity index (χ0) is 19.4. The molecular formula is C21H20N2O4. The van der Waals surface area contributed by atoms with E-state index >= 15 is 0 Å². The molecule has 2 amide bonds. The Morgan fingerprint density at radius 3 is 2.41 bits per heavy atom. The molecule has 0 spiro atoms. The van der Waals surface area contributed by atoms with Gasteiger partial charge in [0.15, 0.2) is 5.76 Å². The molecule has 1 aromatic heterocycles. The van der Waals surface area contributed by atoms with Crippen molar-refractivity contribution in [2.24, 2.45) is 0 Å². The number of hydrogen-bond donors (Lipinski definition) is 2. The van der Waals surface area contributed by atoms with E-state index in [4.69, 9.17) is 9.15 Å². The van der Waals surface area contributed by atoms with E-state index in [1.54, 1.807) is 43.5 Å². The number of carbonyl (C=O) groups excluding carboxylic acids is 2. The maximum Gasteiger partial charge on any atom is 0.291 e. The first-order chi connectivity index (χ1) is 13.0. The largest absolute Gasteiger partial charge is 0.495 e. The van der Waals surface area contributed by atoms with E-state index in [-0.39, 0.29) is 17.6 Å². The van der Waals surface area contributed by atoms with Gasteiger partial charge >= 0.3 is 0 Å². The van der Waals surface area contributed by atoms with Crippen LogP contribution in [0.25, 0.3) is 0 Å². The zero-order valence-electron chi connectivity index (χ0n) is 15.3. The molecule has 0 saturated carbocycles. The van der Waals surface area contributed by atoms with Crippen LogP contribution in [0.3, 0.4) is 0 Å². The van der Waals surface area contributed by atoms with E-state index in [2.05, 4.69) is 10.6 Å². The van der Waals surface area contributed by atoms with Gasteiger partial charge in [-0.05, 0) is 61.4 Å². The number of nitrogens with one attached hydrogen (secondary N) is 2. The topological polar surface area (TPSA) is 80.6 Å². The highest BCUT2D eigenvalue weighted by atomic mass is 16.5. The van der Waals surface area contributed by atoms with Crippen LogP contribution in [-0.4, -0.2) is 18.9 Å². The zero-order valence-corrected chi connectivity index (χ0v) is 15.3. The van der Waals surface area contributed by atoms with E-state index in [0.717, 1.165) is 11.1 Å². The molecule has 0 saturated heterocycles. The number of benzene rings is 2. The summed E-state index contributed by atoms with van der Waals surface area (Å²) >= 11 is 0. The minimum absolute atomic E-state index is 0.203. The molecule has 27 heavy (non-hydrogen) atoms. The lowest BCUT2D eigenvalue weighted by Crippen LogP contribution is -2.15. The molecule has 0 atom stereocenters. The summed E-state index contributed by atoms with van der Waals surface area (Å²) in [5, 5.41) is 5.62. The first kappa shape index (κ1) is 18.3. The smallest absolute Gasteiger partial charge is 0.291 e. The van der Waals surface area contributed by atoms with Crippen LogP contribution in [0.2, 0.25) is 0 Å². The minimum Gasteiger partial charge on any atom is -0.495 e. The van der Waals surface area contributed by atoms with Crippen molar-refractivity contribution in [2.75, 3.05) is 17.7 Å². The molecule has 0 bridgehead atoms. The van der Waals surface area contributed by atoms with E-state index in [0.29, 0.717) is 22.7 Å². The Kier molecular flexibility index (Phi) is 5.26. The molecule has 0 aliphatic carbocycles. The molecule has 2 N–H and O–H groups in total. The van der Waals surface area contributed by atoms with E-state index in [9.17, 15) is 9.59 Å². The predicted octanol–water partition coefficient (Wildman–Crippen LogP) is 4.41. The highest BCUT2D eigenvalue weighted by molar-refractivity contribution is 6.07. The van der Waals surface area contributed by atoms with Gasteiger partial charge in [-0.1, -0.05) is 12.1 Å². The molecule has 3 rings (SSSR count). The van der Waals surface area contributed by atoms with Crippen molar-refractivity contribution < 1.29 is 18.7 Å². The van der Waals surface area contributed by atoms with Crippen molar-refractivity contribution in [1.29, 1.82) is 0 Å². The molecule has 0 aliphatic rings. The van der Waals surface area contributed by atoms with Crippen LogP contribution in [-0.2, 0) is 0 Å².